The van der Waals surface area contributed by atoms with E-state index in [0.717, 1.165) is 0 Å². The van der Waals surface area contributed by atoms with E-state index in [1.54, 1.807) is 24.3 Å². The second-order valence-corrected chi connectivity index (χ2v) is 7.28. The first-order valence-corrected chi connectivity index (χ1v) is 8.88. The van der Waals surface area contributed by atoms with Crippen molar-refractivity contribution in [1.29, 1.82) is 0 Å². The van der Waals surface area contributed by atoms with Crippen molar-refractivity contribution < 1.29 is 16.7 Å². The predicted octanol–water partition coefficient (Wildman–Crippen LogP) is 0.500. The second kappa shape index (κ2) is 5.45. The molecule has 3 N–H and O–H groups in total. The van der Waals surface area contributed by atoms with E-state index in [9.17, 15) is 8.53 Å². The molecule has 0 unspecified atom stereocenters. The zero-order chi connectivity index (χ0) is 13.9. The molecule has 0 heterocycles. The van der Waals surface area contributed by atoms with Crippen LogP contribution < -0.4 is 9.67 Å². The number of hydrogen-bond acceptors (Lipinski definition) is 2. The molecule has 0 aromatic heterocycles. The van der Waals surface area contributed by atoms with Crippen LogP contribution in [0, 0.1) is 0 Å². The maximum atomic E-state index is 11.9. The number of hydrogen-bond donors (Lipinski definition) is 3. The fourth-order valence-electron chi connectivity index (χ4n) is 1.53. The van der Waals surface area contributed by atoms with Crippen molar-refractivity contribution in [2.45, 2.75) is 0 Å². The minimum atomic E-state index is -4.88. The Balaban J connectivity index is 2.15. The molecule has 0 radical (unpaired) electrons. The van der Waals surface area contributed by atoms with Crippen molar-refractivity contribution in [3.05, 3.63) is 60.2 Å². The van der Waals surface area contributed by atoms with E-state index in [4.69, 9.17) is 8.19 Å². The van der Waals surface area contributed by atoms with E-state index >= 15 is 0 Å². The van der Waals surface area contributed by atoms with Gasteiger partial charge in [0.2, 0.25) is 0 Å². The quantitative estimate of drug-likeness (QED) is 0.719. The Bertz CT molecular complexity index is 619. The average molecular weight is 321 g/mol. The Morgan fingerprint density at radius 2 is 1.53 bits per heavy atom. The standard InChI is InChI=1S/C13H12AsNO4/c16-13(15-12-4-2-1-3-5-12)10-6-8-11(9-7-10)14(17,18)19/h1-9H,(H,15,16)(H2,17,18,19). The third-order valence-electron chi connectivity index (χ3n) is 2.50. The van der Waals surface area contributed by atoms with Crippen molar-refractivity contribution >= 4 is 30.1 Å². The monoisotopic (exact) mass is 321 g/mol. The van der Waals surface area contributed by atoms with Gasteiger partial charge >= 0.3 is 112 Å². The summed E-state index contributed by atoms with van der Waals surface area (Å²) >= 11 is -4.88. The van der Waals surface area contributed by atoms with Crippen molar-refractivity contribution in [2.75, 3.05) is 5.32 Å². The number of carbonyl (C=O) groups excluding carboxylic acids is 1. The van der Waals surface area contributed by atoms with Crippen LogP contribution in [0.1, 0.15) is 10.4 Å². The van der Waals surface area contributed by atoms with Gasteiger partial charge in [-0.2, -0.15) is 0 Å². The van der Waals surface area contributed by atoms with Crippen molar-refractivity contribution in [2.24, 2.45) is 0 Å². The SMILES string of the molecule is O=C(Nc1ccccc1)c1ccc([As](=O)(O)O)cc1. The van der Waals surface area contributed by atoms with Crippen LogP contribution in [-0.4, -0.2) is 28.3 Å². The van der Waals surface area contributed by atoms with Crippen LogP contribution in [0.4, 0.5) is 5.69 Å². The second-order valence-electron chi connectivity index (χ2n) is 3.91. The van der Waals surface area contributed by atoms with E-state index in [1.165, 1.54) is 24.3 Å². The summed E-state index contributed by atoms with van der Waals surface area (Å²) in [5.74, 6) is -0.323. The minimum absolute atomic E-state index is 0.0469. The number of amides is 1. The summed E-state index contributed by atoms with van der Waals surface area (Å²) in [5, 5.41) is 2.69. The van der Waals surface area contributed by atoms with Crippen molar-refractivity contribution in [1.82, 2.24) is 0 Å². The summed E-state index contributed by atoms with van der Waals surface area (Å²) in [6.07, 6.45) is 0. The Hall–Kier alpha value is -1.81. The van der Waals surface area contributed by atoms with Gasteiger partial charge in [0.15, 0.2) is 0 Å². The third kappa shape index (κ3) is 3.58. The van der Waals surface area contributed by atoms with Crippen LogP contribution in [0.5, 0.6) is 0 Å². The molecule has 0 spiro atoms. The number of benzene rings is 2. The summed E-state index contributed by atoms with van der Waals surface area (Å²) in [5.41, 5.74) is 1.01. The Morgan fingerprint density at radius 3 is 2.05 bits per heavy atom. The molecule has 0 bridgehead atoms. The van der Waals surface area contributed by atoms with Gasteiger partial charge in [-0.25, -0.2) is 0 Å². The molecule has 6 heteroatoms. The Morgan fingerprint density at radius 1 is 0.947 bits per heavy atom. The molecule has 98 valence electrons. The van der Waals surface area contributed by atoms with Gasteiger partial charge in [-0.1, -0.05) is 0 Å². The molecule has 0 aliphatic heterocycles. The van der Waals surface area contributed by atoms with E-state index in [2.05, 4.69) is 5.32 Å². The summed E-state index contributed by atoms with van der Waals surface area (Å²) in [6.45, 7) is 0. The molecule has 5 nitrogen and oxygen atoms in total. The van der Waals surface area contributed by atoms with E-state index in [1.807, 2.05) is 6.07 Å². The first-order valence-electron chi connectivity index (χ1n) is 5.49. The average Bonchev–Trinajstić information content (AvgIpc) is 2.39. The van der Waals surface area contributed by atoms with Gasteiger partial charge in [0.25, 0.3) is 0 Å². The zero-order valence-electron chi connectivity index (χ0n) is 9.85. The summed E-state index contributed by atoms with van der Waals surface area (Å²) in [4.78, 5) is 11.9. The predicted molar refractivity (Wildman–Crippen MR) is 71.3 cm³/mol. The van der Waals surface area contributed by atoms with Gasteiger partial charge in [0, 0.05) is 0 Å². The number of carbonyl (C=O) groups is 1. The van der Waals surface area contributed by atoms with Gasteiger partial charge in [0.1, 0.15) is 0 Å². The van der Waals surface area contributed by atoms with Gasteiger partial charge in [-0.05, 0) is 0 Å². The maximum absolute atomic E-state index is 11.9. The van der Waals surface area contributed by atoms with Crippen molar-refractivity contribution in [3.63, 3.8) is 0 Å². The molecule has 0 atom stereocenters. The molecule has 0 fully saturated rings. The van der Waals surface area contributed by atoms with Crippen LogP contribution in [0.2, 0.25) is 0 Å². The number of nitrogens with one attached hydrogen (secondary N) is 1. The first-order chi connectivity index (χ1) is 8.97. The first kappa shape index (κ1) is 13.6. The van der Waals surface area contributed by atoms with Gasteiger partial charge < -0.3 is 0 Å². The van der Waals surface area contributed by atoms with Gasteiger partial charge in [-0.15, -0.1) is 0 Å². The normalized spacial score (nSPS) is 11.1. The molecule has 0 aliphatic rings. The topological polar surface area (TPSA) is 86.6 Å². The fourth-order valence-corrected chi connectivity index (χ4v) is 2.66. The van der Waals surface area contributed by atoms with Crippen LogP contribution >= 0.6 is 0 Å². The van der Waals surface area contributed by atoms with Gasteiger partial charge in [-0.3, -0.25) is 0 Å². The fraction of sp³-hybridized carbons (Fsp3) is 0. The van der Waals surface area contributed by atoms with E-state index in [0.29, 0.717) is 11.3 Å². The molecule has 0 saturated heterocycles. The van der Waals surface area contributed by atoms with E-state index in [-0.39, 0.29) is 10.3 Å². The Labute approximate surface area is 112 Å². The van der Waals surface area contributed by atoms with Crippen LogP contribution in [-0.2, 0) is 3.74 Å². The summed E-state index contributed by atoms with van der Waals surface area (Å²) in [6, 6.07) is 14.3. The molecule has 2 aromatic rings. The number of anilines is 1. The van der Waals surface area contributed by atoms with Crippen LogP contribution in [0.15, 0.2) is 54.6 Å². The molecular formula is C13H12AsNO4. The molecule has 0 aliphatic carbocycles. The number of para-hydroxylation sites is 1. The van der Waals surface area contributed by atoms with Crippen molar-refractivity contribution in [3.8, 4) is 0 Å². The van der Waals surface area contributed by atoms with Crippen LogP contribution in [0.25, 0.3) is 0 Å². The molecular weight excluding hydrogens is 309 g/mol. The zero-order valence-corrected chi connectivity index (χ0v) is 11.7. The van der Waals surface area contributed by atoms with E-state index < -0.39 is 14.2 Å². The van der Waals surface area contributed by atoms with Crippen LogP contribution in [0.3, 0.4) is 0 Å². The van der Waals surface area contributed by atoms with Gasteiger partial charge in [0.05, 0.1) is 0 Å². The molecule has 2 rings (SSSR count). The Kier molecular flexibility index (Phi) is 3.90. The summed E-state index contributed by atoms with van der Waals surface area (Å²) in [7, 11) is 0. The molecule has 1 amide bonds. The molecule has 19 heavy (non-hydrogen) atoms. The number of rotatable bonds is 3. The molecule has 2 aromatic carbocycles. The third-order valence-corrected chi connectivity index (χ3v) is 4.53. The summed E-state index contributed by atoms with van der Waals surface area (Å²) < 4.78 is 29.1. The molecule has 0 saturated carbocycles.